The minimum Gasteiger partial charge on any atom is -0.286 e. The molecular weight excluding hydrogens is 388 g/mol. The Bertz CT molecular complexity index is 343. The number of hydrogen-bond acceptors (Lipinski definition) is 6. The maximum atomic E-state index is 12.3. The second-order valence-electron chi connectivity index (χ2n) is 7.41. The van der Waals surface area contributed by atoms with Crippen molar-refractivity contribution >= 4 is 34.1 Å². The second kappa shape index (κ2) is 20.2. The average Bonchev–Trinajstić information content (AvgIpc) is 2.69. The Labute approximate surface area is 183 Å². The van der Waals surface area contributed by atoms with Crippen molar-refractivity contribution in [1.82, 2.24) is 8.61 Å². The van der Waals surface area contributed by atoms with Gasteiger partial charge in [0.05, 0.1) is 0 Å². The molecule has 0 heterocycles. The predicted octanol–water partition coefficient (Wildman–Crippen LogP) is 6.70. The summed E-state index contributed by atoms with van der Waals surface area (Å²) in [6, 6.07) is 0. The van der Waals surface area contributed by atoms with Gasteiger partial charge in [0, 0.05) is 39.0 Å². The molecule has 0 aromatic heterocycles. The summed E-state index contributed by atoms with van der Waals surface area (Å²) in [5, 5.41) is 0.500. The fourth-order valence-electron chi connectivity index (χ4n) is 2.66. The third-order valence-corrected chi connectivity index (χ3v) is 6.58. The summed E-state index contributed by atoms with van der Waals surface area (Å²) < 4.78 is 4.46. The van der Waals surface area contributed by atoms with Crippen LogP contribution in [0.4, 0.5) is 0 Å². The Hall–Kier alpha value is -0.0400. The molecule has 6 heteroatoms. The first-order valence-corrected chi connectivity index (χ1v) is 13.0. The standard InChI is InChI=1S/C22H44N2O2S2/c1-5-9-17-23(18-10-6-2)27-21(25)15-13-14-16-22(26)28-24(19-11-7-3)20-12-8-4/h5-20H2,1-4H3. The maximum Gasteiger partial charge on any atom is 0.203 e. The van der Waals surface area contributed by atoms with Gasteiger partial charge in [-0.1, -0.05) is 53.4 Å². The van der Waals surface area contributed by atoms with Crippen LogP contribution in [0.2, 0.25) is 0 Å². The van der Waals surface area contributed by atoms with Crippen LogP contribution in [0.25, 0.3) is 0 Å². The van der Waals surface area contributed by atoms with E-state index in [0.29, 0.717) is 12.8 Å². The van der Waals surface area contributed by atoms with Crippen LogP contribution in [0.1, 0.15) is 105 Å². The molecule has 0 saturated carbocycles. The van der Waals surface area contributed by atoms with Gasteiger partial charge in [0.2, 0.25) is 10.2 Å². The topological polar surface area (TPSA) is 40.6 Å². The Morgan fingerprint density at radius 1 is 0.536 bits per heavy atom. The summed E-state index contributed by atoms with van der Waals surface area (Å²) in [6.07, 6.45) is 12.0. The van der Waals surface area contributed by atoms with E-state index in [1.165, 1.54) is 23.9 Å². The van der Waals surface area contributed by atoms with E-state index in [4.69, 9.17) is 0 Å². The first-order chi connectivity index (χ1) is 13.6. The zero-order valence-corrected chi connectivity index (χ0v) is 20.5. The second-order valence-corrected chi connectivity index (χ2v) is 9.71. The van der Waals surface area contributed by atoms with Crippen LogP contribution in [-0.4, -0.2) is 45.0 Å². The normalized spacial score (nSPS) is 11.5. The first-order valence-electron chi connectivity index (χ1n) is 11.5. The number of carbonyl (C=O) groups is 2. The number of rotatable bonds is 19. The van der Waals surface area contributed by atoms with E-state index >= 15 is 0 Å². The molecule has 0 aliphatic heterocycles. The smallest absolute Gasteiger partial charge is 0.203 e. The van der Waals surface area contributed by atoms with E-state index in [1.54, 1.807) is 0 Å². The van der Waals surface area contributed by atoms with Crippen molar-refractivity contribution in [2.24, 2.45) is 0 Å². The molecule has 0 fully saturated rings. The van der Waals surface area contributed by atoms with E-state index in [-0.39, 0.29) is 10.2 Å². The molecule has 0 spiro atoms. The third-order valence-electron chi connectivity index (χ3n) is 4.52. The van der Waals surface area contributed by atoms with Crippen LogP contribution >= 0.6 is 23.9 Å². The lowest BCUT2D eigenvalue weighted by Crippen LogP contribution is -2.21. The van der Waals surface area contributed by atoms with Crippen molar-refractivity contribution in [3.05, 3.63) is 0 Å². The lowest BCUT2D eigenvalue weighted by atomic mass is 10.2. The van der Waals surface area contributed by atoms with Gasteiger partial charge in [0.1, 0.15) is 0 Å². The van der Waals surface area contributed by atoms with Gasteiger partial charge in [0.25, 0.3) is 0 Å². The molecule has 0 saturated heterocycles. The molecule has 4 nitrogen and oxygen atoms in total. The molecule has 0 rings (SSSR count). The van der Waals surface area contributed by atoms with Crippen LogP contribution in [0.3, 0.4) is 0 Å². The van der Waals surface area contributed by atoms with Crippen LogP contribution in [0, 0.1) is 0 Å². The van der Waals surface area contributed by atoms with Gasteiger partial charge < -0.3 is 0 Å². The van der Waals surface area contributed by atoms with Gasteiger partial charge in [-0.25, -0.2) is 8.61 Å². The van der Waals surface area contributed by atoms with Gasteiger partial charge in [-0.05, 0) is 62.4 Å². The van der Waals surface area contributed by atoms with Crippen LogP contribution < -0.4 is 0 Å². The van der Waals surface area contributed by atoms with E-state index in [9.17, 15) is 9.59 Å². The van der Waals surface area contributed by atoms with Crippen molar-refractivity contribution in [1.29, 1.82) is 0 Å². The van der Waals surface area contributed by atoms with Crippen LogP contribution in [-0.2, 0) is 9.59 Å². The van der Waals surface area contributed by atoms with Crippen molar-refractivity contribution in [3.8, 4) is 0 Å². The fraction of sp³-hybridized carbons (Fsp3) is 0.909. The van der Waals surface area contributed by atoms with Crippen molar-refractivity contribution in [3.63, 3.8) is 0 Å². The molecule has 0 N–H and O–H groups in total. The lowest BCUT2D eigenvalue weighted by molar-refractivity contribution is -0.112. The fourth-order valence-corrected chi connectivity index (χ4v) is 4.59. The van der Waals surface area contributed by atoms with Gasteiger partial charge in [-0.15, -0.1) is 0 Å². The molecule has 0 aromatic carbocycles. The van der Waals surface area contributed by atoms with E-state index in [0.717, 1.165) is 90.4 Å². The zero-order valence-electron chi connectivity index (χ0n) is 18.8. The first kappa shape index (κ1) is 28.0. The molecule has 28 heavy (non-hydrogen) atoms. The number of unbranched alkanes of at least 4 members (excludes halogenated alkanes) is 5. The highest BCUT2D eigenvalue weighted by Gasteiger charge is 2.13. The Kier molecular flexibility index (Phi) is 20.2. The van der Waals surface area contributed by atoms with Crippen molar-refractivity contribution in [2.75, 3.05) is 26.2 Å². The quantitative estimate of drug-likeness (QED) is 0.167. The van der Waals surface area contributed by atoms with E-state index in [1.807, 2.05) is 0 Å². The molecule has 0 aromatic rings. The molecular formula is C22H44N2O2S2. The highest BCUT2D eigenvalue weighted by molar-refractivity contribution is 8.11. The van der Waals surface area contributed by atoms with Crippen LogP contribution in [0.5, 0.6) is 0 Å². The highest BCUT2D eigenvalue weighted by Crippen LogP contribution is 2.20. The van der Waals surface area contributed by atoms with Gasteiger partial charge in [-0.3, -0.25) is 9.59 Å². The Morgan fingerprint density at radius 2 is 0.821 bits per heavy atom. The molecule has 0 aliphatic carbocycles. The van der Waals surface area contributed by atoms with Crippen molar-refractivity contribution in [2.45, 2.75) is 105 Å². The molecule has 0 unspecified atom stereocenters. The van der Waals surface area contributed by atoms with Crippen molar-refractivity contribution < 1.29 is 9.59 Å². The molecule has 0 radical (unpaired) electrons. The molecule has 166 valence electrons. The van der Waals surface area contributed by atoms with Gasteiger partial charge >= 0.3 is 0 Å². The summed E-state index contributed by atoms with van der Waals surface area (Å²) in [6.45, 7) is 12.7. The SMILES string of the molecule is CCCCN(CCCC)SC(=O)CCCCC(=O)SN(CCCC)CCCC. The molecule has 0 bridgehead atoms. The minimum absolute atomic E-state index is 0.250. The number of carbonyl (C=O) groups excluding carboxylic acids is 2. The third kappa shape index (κ3) is 16.9. The monoisotopic (exact) mass is 432 g/mol. The molecule has 0 aliphatic rings. The zero-order chi connectivity index (χ0) is 21.0. The number of nitrogens with zero attached hydrogens (tertiary/aromatic N) is 2. The van der Waals surface area contributed by atoms with Gasteiger partial charge in [0.15, 0.2) is 0 Å². The highest BCUT2D eigenvalue weighted by atomic mass is 32.2. The van der Waals surface area contributed by atoms with E-state index in [2.05, 4.69) is 36.3 Å². The molecule has 0 atom stereocenters. The van der Waals surface area contributed by atoms with E-state index < -0.39 is 0 Å². The summed E-state index contributed by atoms with van der Waals surface area (Å²) in [7, 11) is 0. The van der Waals surface area contributed by atoms with Gasteiger partial charge in [-0.2, -0.15) is 0 Å². The summed E-state index contributed by atoms with van der Waals surface area (Å²) in [5.41, 5.74) is 0. The summed E-state index contributed by atoms with van der Waals surface area (Å²) in [4.78, 5) is 24.5. The molecule has 0 amide bonds. The summed E-state index contributed by atoms with van der Waals surface area (Å²) >= 11 is 2.82. The minimum atomic E-state index is 0.250. The predicted molar refractivity (Wildman–Crippen MR) is 126 cm³/mol. The van der Waals surface area contributed by atoms with Crippen LogP contribution in [0.15, 0.2) is 0 Å². The maximum absolute atomic E-state index is 12.3. The average molecular weight is 433 g/mol. The lowest BCUT2D eigenvalue weighted by Gasteiger charge is -2.20. The number of hydrogen-bond donors (Lipinski definition) is 0. The Balaban J connectivity index is 4.05. The Morgan fingerprint density at radius 3 is 1.07 bits per heavy atom. The largest absolute Gasteiger partial charge is 0.286 e. The summed E-state index contributed by atoms with van der Waals surface area (Å²) in [5.74, 6) is 0.